The Kier molecular flexibility index (Phi) is 2.77. The Hall–Kier alpha value is -0.440. The van der Waals surface area contributed by atoms with E-state index in [9.17, 15) is 8.78 Å². The van der Waals surface area contributed by atoms with Gasteiger partial charge < -0.3 is 5.73 Å². The maximum absolute atomic E-state index is 12.4. The average molecular weight is 135 g/mol. The van der Waals surface area contributed by atoms with Crippen molar-refractivity contribution in [3.8, 4) is 0 Å². The molecule has 0 rings (SSSR count). The Bertz CT molecular complexity index is 110. The molecule has 2 N–H and O–H groups in total. The third kappa shape index (κ3) is 2.56. The number of rotatable bonds is 3. The summed E-state index contributed by atoms with van der Waals surface area (Å²) >= 11 is 0. The van der Waals surface area contributed by atoms with Crippen LogP contribution in [-0.2, 0) is 0 Å². The smallest absolute Gasteiger partial charge is 0.270 e. The van der Waals surface area contributed by atoms with Crippen LogP contribution in [0.15, 0.2) is 12.2 Å². The number of halogens is 2. The van der Waals surface area contributed by atoms with Crippen LogP contribution in [0.3, 0.4) is 0 Å². The van der Waals surface area contributed by atoms with Crippen LogP contribution in [0.25, 0.3) is 0 Å². The predicted octanol–water partition coefficient (Wildman–Crippen LogP) is 1.55. The Morgan fingerprint density at radius 1 is 1.67 bits per heavy atom. The summed E-state index contributed by atoms with van der Waals surface area (Å²) in [5, 5.41) is 0. The van der Waals surface area contributed by atoms with E-state index in [0.29, 0.717) is 0 Å². The lowest BCUT2D eigenvalue weighted by Gasteiger charge is -2.13. The second-order valence-corrected chi connectivity index (χ2v) is 2.02. The molecule has 0 aliphatic heterocycles. The van der Waals surface area contributed by atoms with Crippen molar-refractivity contribution in [1.29, 1.82) is 0 Å². The van der Waals surface area contributed by atoms with E-state index in [-0.39, 0.29) is 18.5 Å². The van der Waals surface area contributed by atoms with Gasteiger partial charge in [-0.15, -0.1) is 0 Å². The molecule has 0 aromatic rings. The van der Waals surface area contributed by atoms with Crippen LogP contribution in [0.4, 0.5) is 8.78 Å². The van der Waals surface area contributed by atoms with Gasteiger partial charge in [-0.05, 0) is 19.0 Å². The third-order valence-electron chi connectivity index (χ3n) is 1.08. The van der Waals surface area contributed by atoms with Crippen LogP contribution < -0.4 is 5.73 Å². The lowest BCUT2D eigenvalue weighted by Crippen LogP contribution is -2.21. The number of nitrogens with two attached hydrogens (primary N) is 1. The van der Waals surface area contributed by atoms with Crippen LogP contribution in [-0.4, -0.2) is 12.5 Å². The van der Waals surface area contributed by atoms with Crippen molar-refractivity contribution < 1.29 is 8.78 Å². The molecular formula is C6H11F2N. The average Bonchev–Trinajstić information content (AvgIpc) is 1.65. The van der Waals surface area contributed by atoms with Crippen LogP contribution >= 0.6 is 0 Å². The van der Waals surface area contributed by atoms with Gasteiger partial charge in [0.2, 0.25) is 0 Å². The fraction of sp³-hybridized carbons (Fsp3) is 0.667. The summed E-state index contributed by atoms with van der Waals surface area (Å²) in [6.07, 6.45) is -0.303. The molecular weight excluding hydrogens is 124 g/mol. The van der Waals surface area contributed by atoms with Gasteiger partial charge in [-0.1, -0.05) is 6.58 Å². The van der Waals surface area contributed by atoms with Crippen LogP contribution in [0.1, 0.15) is 13.3 Å². The number of hydrogen-bond donors (Lipinski definition) is 1. The molecule has 0 saturated carbocycles. The molecule has 0 saturated heterocycles. The van der Waals surface area contributed by atoms with E-state index in [4.69, 9.17) is 5.73 Å². The molecule has 0 atom stereocenters. The standard InChI is InChI=1S/C6H11F2N/c1-5(2)6(7,8)3-4-9/h1,3-4,9H2,2H3. The summed E-state index contributed by atoms with van der Waals surface area (Å²) in [6.45, 7) is 4.44. The Balaban J connectivity index is 3.85. The molecule has 9 heavy (non-hydrogen) atoms. The maximum Gasteiger partial charge on any atom is 0.270 e. The van der Waals surface area contributed by atoms with Gasteiger partial charge in [-0.2, -0.15) is 0 Å². The maximum atomic E-state index is 12.4. The molecule has 1 nitrogen and oxygen atoms in total. The van der Waals surface area contributed by atoms with Crippen molar-refractivity contribution in [2.24, 2.45) is 5.73 Å². The first kappa shape index (κ1) is 8.56. The van der Waals surface area contributed by atoms with Gasteiger partial charge in [-0.25, -0.2) is 8.78 Å². The summed E-state index contributed by atoms with van der Waals surface area (Å²) in [5.74, 6) is -2.77. The zero-order valence-corrected chi connectivity index (χ0v) is 5.45. The highest BCUT2D eigenvalue weighted by Gasteiger charge is 2.27. The van der Waals surface area contributed by atoms with Crippen LogP contribution in [0.2, 0.25) is 0 Å². The molecule has 0 heterocycles. The van der Waals surface area contributed by atoms with Crippen LogP contribution in [0, 0.1) is 0 Å². The topological polar surface area (TPSA) is 26.0 Å². The molecule has 0 aliphatic carbocycles. The minimum absolute atomic E-state index is 0.000139. The lowest BCUT2D eigenvalue weighted by atomic mass is 10.1. The van der Waals surface area contributed by atoms with E-state index in [2.05, 4.69) is 6.58 Å². The van der Waals surface area contributed by atoms with Gasteiger partial charge in [0.05, 0.1) is 0 Å². The third-order valence-corrected chi connectivity index (χ3v) is 1.08. The molecule has 0 fully saturated rings. The molecule has 0 radical (unpaired) electrons. The molecule has 0 aliphatic rings. The molecule has 0 unspecified atom stereocenters. The van der Waals surface area contributed by atoms with Crippen molar-refractivity contribution >= 4 is 0 Å². The largest absolute Gasteiger partial charge is 0.330 e. The molecule has 0 aromatic carbocycles. The second-order valence-electron chi connectivity index (χ2n) is 2.02. The first-order chi connectivity index (χ1) is 4.00. The second kappa shape index (κ2) is 2.92. The highest BCUT2D eigenvalue weighted by atomic mass is 19.3. The molecule has 0 amide bonds. The molecule has 3 heteroatoms. The lowest BCUT2D eigenvalue weighted by molar-refractivity contribution is 0.0356. The number of hydrogen-bond acceptors (Lipinski definition) is 1. The highest BCUT2D eigenvalue weighted by molar-refractivity contribution is 5.03. The zero-order chi connectivity index (χ0) is 7.49. The van der Waals surface area contributed by atoms with Gasteiger partial charge in [0.1, 0.15) is 0 Å². The van der Waals surface area contributed by atoms with Crippen LogP contribution in [0.5, 0.6) is 0 Å². The molecule has 0 bridgehead atoms. The van der Waals surface area contributed by atoms with Crippen molar-refractivity contribution in [2.75, 3.05) is 6.54 Å². The number of allylic oxidation sites excluding steroid dienone is 1. The van der Waals surface area contributed by atoms with Gasteiger partial charge in [-0.3, -0.25) is 0 Å². The van der Waals surface area contributed by atoms with Crippen molar-refractivity contribution in [2.45, 2.75) is 19.3 Å². The first-order valence-corrected chi connectivity index (χ1v) is 2.74. The van der Waals surface area contributed by atoms with Crippen molar-refractivity contribution in [3.63, 3.8) is 0 Å². The zero-order valence-electron chi connectivity index (χ0n) is 5.45. The first-order valence-electron chi connectivity index (χ1n) is 2.74. The monoisotopic (exact) mass is 135 g/mol. The Morgan fingerprint density at radius 2 is 2.11 bits per heavy atom. The van der Waals surface area contributed by atoms with Gasteiger partial charge in [0, 0.05) is 6.42 Å². The molecule has 54 valence electrons. The summed E-state index contributed by atoms with van der Waals surface area (Å²) < 4.78 is 24.7. The van der Waals surface area contributed by atoms with E-state index in [1.54, 1.807) is 0 Å². The Morgan fingerprint density at radius 3 is 2.22 bits per heavy atom. The minimum Gasteiger partial charge on any atom is -0.330 e. The summed E-state index contributed by atoms with van der Waals surface area (Å²) in [4.78, 5) is 0. The van der Waals surface area contributed by atoms with E-state index in [1.165, 1.54) is 6.92 Å². The van der Waals surface area contributed by atoms with Gasteiger partial charge in [0.15, 0.2) is 0 Å². The highest BCUT2D eigenvalue weighted by Crippen LogP contribution is 2.24. The predicted molar refractivity (Wildman–Crippen MR) is 33.4 cm³/mol. The normalized spacial score (nSPS) is 11.6. The quantitative estimate of drug-likeness (QED) is 0.584. The molecule has 0 spiro atoms. The van der Waals surface area contributed by atoms with Crippen molar-refractivity contribution in [3.05, 3.63) is 12.2 Å². The van der Waals surface area contributed by atoms with Gasteiger partial charge in [0.25, 0.3) is 5.92 Å². The van der Waals surface area contributed by atoms with E-state index < -0.39 is 5.92 Å². The van der Waals surface area contributed by atoms with E-state index in [0.717, 1.165) is 0 Å². The van der Waals surface area contributed by atoms with Crippen molar-refractivity contribution in [1.82, 2.24) is 0 Å². The minimum atomic E-state index is -2.77. The van der Waals surface area contributed by atoms with E-state index in [1.807, 2.05) is 0 Å². The fourth-order valence-electron chi connectivity index (χ4n) is 0.395. The SMILES string of the molecule is C=C(C)C(F)(F)CCN. The van der Waals surface area contributed by atoms with E-state index >= 15 is 0 Å². The molecule has 0 aromatic heterocycles. The van der Waals surface area contributed by atoms with Gasteiger partial charge >= 0.3 is 0 Å². The number of alkyl halides is 2. The fourth-order valence-corrected chi connectivity index (χ4v) is 0.395. The summed E-state index contributed by atoms with van der Waals surface area (Å²) in [6, 6.07) is 0. The summed E-state index contributed by atoms with van der Waals surface area (Å²) in [5.41, 5.74) is 4.81. The Labute approximate surface area is 53.5 Å². The summed E-state index contributed by atoms with van der Waals surface area (Å²) in [7, 11) is 0.